The van der Waals surface area contributed by atoms with Gasteiger partial charge < -0.3 is 14.5 Å². The fraction of sp³-hybridized carbons (Fsp3) is 0.500. The summed E-state index contributed by atoms with van der Waals surface area (Å²) < 4.78 is 13.3. The molecule has 1 fully saturated rings. The summed E-state index contributed by atoms with van der Waals surface area (Å²) in [5.41, 5.74) is 1.15. The first-order valence-electron chi connectivity index (χ1n) is 7.64. The second kappa shape index (κ2) is 6.77. The van der Waals surface area contributed by atoms with E-state index < -0.39 is 0 Å². The molecule has 2 atom stereocenters. The number of aryl methyl sites for hydroxylation is 1. The largest absolute Gasteiger partial charge is 0.449 e. The van der Waals surface area contributed by atoms with Gasteiger partial charge in [0, 0.05) is 31.8 Å². The second-order valence-electron chi connectivity index (χ2n) is 5.42. The van der Waals surface area contributed by atoms with Crippen LogP contribution >= 0.6 is 0 Å². The number of aromatic nitrogens is 2. The molecular formula is C16H20N4O2. The lowest BCUT2D eigenvalue weighted by Gasteiger charge is -2.19. The fourth-order valence-electron chi connectivity index (χ4n) is 2.93. The normalized spacial score (nSPS) is 21.1. The van der Waals surface area contributed by atoms with Gasteiger partial charge in [0.1, 0.15) is 17.9 Å². The van der Waals surface area contributed by atoms with E-state index in [-0.39, 0.29) is 6.10 Å². The van der Waals surface area contributed by atoms with Crippen molar-refractivity contribution in [1.29, 1.82) is 5.26 Å². The number of nitrogens with one attached hydrogen (secondary N) is 1. The van der Waals surface area contributed by atoms with E-state index in [4.69, 9.17) is 14.4 Å². The third-order valence-corrected chi connectivity index (χ3v) is 4.03. The predicted molar refractivity (Wildman–Crippen MR) is 79.8 cm³/mol. The number of nitrogens with zero attached hydrogens (tertiary/aromatic N) is 3. The van der Waals surface area contributed by atoms with Crippen LogP contribution in [0.2, 0.25) is 0 Å². The van der Waals surface area contributed by atoms with E-state index >= 15 is 0 Å². The third-order valence-electron chi connectivity index (χ3n) is 4.03. The van der Waals surface area contributed by atoms with Crippen molar-refractivity contribution in [3.05, 3.63) is 41.6 Å². The number of ether oxygens (including phenoxy) is 1. The maximum Gasteiger partial charge on any atom is 0.203 e. The van der Waals surface area contributed by atoms with Gasteiger partial charge in [0.15, 0.2) is 0 Å². The molecule has 0 spiro atoms. The van der Waals surface area contributed by atoms with Gasteiger partial charge in [-0.05, 0) is 31.5 Å². The molecule has 2 aromatic rings. The zero-order valence-corrected chi connectivity index (χ0v) is 12.7. The van der Waals surface area contributed by atoms with Gasteiger partial charge in [0.25, 0.3) is 0 Å². The Labute approximate surface area is 129 Å². The number of furan rings is 1. The summed E-state index contributed by atoms with van der Waals surface area (Å²) in [6, 6.07) is 7.56. The van der Waals surface area contributed by atoms with Gasteiger partial charge in [-0.15, -0.1) is 0 Å². The molecule has 0 saturated carbocycles. The van der Waals surface area contributed by atoms with Crippen molar-refractivity contribution in [1.82, 2.24) is 15.1 Å². The van der Waals surface area contributed by atoms with E-state index in [1.54, 1.807) is 6.07 Å². The van der Waals surface area contributed by atoms with Crippen LogP contribution in [0.5, 0.6) is 0 Å². The van der Waals surface area contributed by atoms with E-state index in [1.165, 1.54) is 0 Å². The Morgan fingerprint density at radius 3 is 3.14 bits per heavy atom. The van der Waals surface area contributed by atoms with Crippen LogP contribution in [-0.2, 0) is 17.8 Å². The summed E-state index contributed by atoms with van der Waals surface area (Å²) in [6.07, 6.45) is 2.96. The lowest BCUT2D eigenvalue weighted by atomic mass is 9.99. The molecule has 6 nitrogen and oxygen atoms in total. The molecule has 3 rings (SSSR count). The van der Waals surface area contributed by atoms with Crippen LogP contribution < -0.4 is 5.32 Å². The molecule has 2 aromatic heterocycles. The molecule has 0 radical (unpaired) electrons. The highest BCUT2D eigenvalue weighted by Crippen LogP contribution is 2.33. The summed E-state index contributed by atoms with van der Waals surface area (Å²) in [4.78, 5) is 0. The summed E-state index contributed by atoms with van der Waals surface area (Å²) in [5.74, 6) is 1.56. The maximum atomic E-state index is 8.75. The van der Waals surface area contributed by atoms with Crippen LogP contribution in [0.4, 0.5) is 0 Å². The van der Waals surface area contributed by atoms with Crippen LogP contribution in [0, 0.1) is 17.2 Å². The Hall–Kier alpha value is -2.10. The van der Waals surface area contributed by atoms with Crippen LogP contribution in [0.3, 0.4) is 0 Å². The lowest BCUT2D eigenvalue weighted by Crippen LogP contribution is -2.25. The minimum atomic E-state index is 0.0984. The molecule has 0 unspecified atom stereocenters. The Bertz CT molecular complexity index is 655. The molecule has 3 heterocycles. The topological polar surface area (TPSA) is 76.0 Å². The molecule has 1 aliphatic rings. The number of hydrogen-bond donors (Lipinski definition) is 1. The van der Waals surface area contributed by atoms with Crippen molar-refractivity contribution in [3.8, 4) is 6.07 Å². The zero-order chi connectivity index (χ0) is 15.4. The summed E-state index contributed by atoms with van der Waals surface area (Å²) in [7, 11) is 0. The molecule has 1 N–H and O–H groups in total. The van der Waals surface area contributed by atoms with E-state index in [0.717, 1.165) is 37.6 Å². The first-order chi connectivity index (χ1) is 10.8. The lowest BCUT2D eigenvalue weighted by molar-refractivity contribution is 0.0829. The van der Waals surface area contributed by atoms with E-state index in [0.29, 0.717) is 18.2 Å². The highest BCUT2D eigenvalue weighted by Gasteiger charge is 2.31. The van der Waals surface area contributed by atoms with Crippen molar-refractivity contribution in [3.63, 3.8) is 0 Å². The highest BCUT2D eigenvalue weighted by atomic mass is 16.5. The average molecular weight is 300 g/mol. The SMILES string of the molecule is CCn1nccc1[C@@H]1OCC[C@H]1CNCc1ccc(C#N)o1. The van der Waals surface area contributed by atoms with Gasteiger partial charge in [0.2, 0.25) is 5.76 Å². The van der Waals surface area contributed by atoms with Crippen molar-refractivity contribution < 1.29 is 9.15 Å². The van der Waals surface area contributed by atoms with Crippen LogP contribution in [0.15, 0.2) is 28.8 Å². The zero-order valence-electron chi connectivity index (χ0n) is 12.7. The average Bonchev–Trinajstić information content (AvgIpc) is 3.27. The van der Waals surface area contributed by atoms with E-state index in [1.807, 2.05) is 29.1 Å². The number of nitriles is 1. The Morgan fingerprint density at radius 2 is 2.36 bits per heavy atom. The van der Waals surface area contributed by atoms with Crippen LogP contribution in [0.1, 0.15) is 36.7 Å². The maximum absolute atomic E-state index is 8.75. The standard InChI is InChI=1S/C16H20N4O2/c1-2-20-15(5-7-19-20)16-12(6-8-21-16)10-18-11-14-4-3-13(9-17)22-14/h3-5,7,12,16,18H,2,6,8,10-11H2,1H3/t12-,16+/m0/s1. The smallest absolute Gasteiger partial charge is 0.203 e. The Morgan fingerprint density at radius 1 is 1.45 bits per heavy atom. The highest BCUT2D eigenvalue weighted by molar-refractivity contribution is 5.19. The van der Waals surface area contributed by atoms with Gasteiger partial charge in [-0.1, -0.05) is 0 Å². The van der Waals surface area contributed by atoms with Crippen LogP contribution in [-0.4, -0.2) is 22.9 Å². The van der Waals surface area contributed by atoms with Crippen molar-refractivity contribution in [2.45, 2.75) is 32.5 Å². The number of hydrogen-bond acceptors (Lipinski definition) is 5. The summed E-state index contributed by atoms with van der Waals surface area (Å²) in [6.45, 7) is 5.19. The molecule has 1 saturated heterocycles. The predicted octanol–water partition coefficient (Wildman–Crippen LogP) is 2.24. The molecule has 22 heavy (non-hydrogen) atoms. The minimum Gasteiger partial charge on any atom is -0.449 e. The first-order valence-corrected chi connectivity index (χ1v) is 7.64. The molecule has 0 aliphatic carbocycles. The van der Waals surface area contributed by atoms with E-state index in [9.17, 15) is 0 Å². The molecule has 0 aromatic carbocycles. The summed E-state index contributed by atoms with van der Waals surface area (Å²) >= 11 is 0. The Balaban J connectivity index is 1.56. The third kappa shape index (κ3) is 3.06. The fourth-order valence-corrected chi connectivity index (χ4v) is 2.93. The second-order valence-corrected chi connectivity index (χ2v) is 5.42. The molecule has 0 bridgehead atoms. The molecule has 6 heteroatoms. The molecule has 116 valence electrons. The summed E-state index contributed by atoms with van der Waals surface area (Å²) in [5, 5.41) is 16.5. The Kier molecular flexibility index (Phi) is 4.56. The van der Waals surface area contributed by atoms with Gasteiger partial charge in [-0.3, -0.25) is 4.68 Å². The van der Waals surface area contributed by atoms with E-state index in [2.05, 4.69) is 17.3 Å². The van der Waals surface area contributed by atoms with Gasteiger partial charge in [-0.25, -0.2) is 0 Å². The molecular weight excluding hydrogens is 280 g/mol. The van der Waals surface area contributed by atoms with Crippen LogP contribution in [0.25, 0.3) is 0 Å². The molecule has 1 aliphatic heterocycles. The molecule has 0 amide bonds. The monoisotopic (exact) mass is 300 g/mol. The minimum absolute atomic E-state index is 0.0984. The van der Waals surface area contributed by atoms with Crippen molar-refractivity contribution in [2.75, 3.05) is 13.2 Å². The number of rotatable bonds is 6. The van der Waals surface area contributed by atoms with Gasteiger partial charge >= 0.3 is 0 Å². The van der Waals surface area contributed by atoms with Gasteiger partial charge in [-0.2, -0.15) is 10.4 Å². The van der Waals surface area contributed by atoms with Crippen molar-refractivity contribution in [2.24, 2.45) is 5.92 Å². The quantitative estimate of drug-likeness (QED) is 0.885. The van der Waals surface area contributed by atoms with Crippen molar-refractivity contribution >= 4 is 0 Å². The first kappa shape index (κ1) is 14.8. The van der Waals surface area contributed by atoms with Gasteiger partial charge in [0.05, 0.1) is 12.2 Å².